The van der Waals surface area contributed by atoms with E-state index in [1.54, 1.807) is 0 Å². The first-order valence-corrected chi connectivity index (χ1v) is 11.2. The molecule has 1 saturated heterocycles. The molecule has 1 fully saturated rings. The van der Waals surface area contributed by atoms with Crippen LogP contribution in [0.2, 0.25) is 10.0 Å². The van der Waals surface area contributed by atoms with Crippen molar-refractivity contribution in [2.75, 3.05) is 13.1 Å². The standard InChI is InChI=1S/C23H24Cl2N4O2/c1-13-26-27-14(2)29(13)19-4-3-5-21(22(19)25)31-23-18-11-16(24)7-6-15(18)10-20(23)28-9-8-17(30)12-28/h3-7,11,17,20,23,30H,8-10,12H2,1-2H3/t17-,20+,23+/m1/s1. The first kappa shape index (κ1) is 20.8. The highest BCUT2D eigenvalue weighted by Crippen LogP contribution is 2.42. The molecule has 0 saturated carbocycles. The summed E-state index contributed by atoms with van der Waals surface area (Å²) in [5.41, 5.74) is 3.09. The summed E-state index contributed by atoms with van der Waals surface area (Å²) < 4.78 is 8.52. The van der Waals surface area contributed by atoms with Crippen LogP contribution in [-0.2, 0) is 6.42 Å². The average Bonchev–Trinajstić information content (AvgIpc) is 3.42. The second-order valence-electron chi connectivity index (χ2n) is 8.31. The fourth-order valence-electron chi connectivity index (χ4n) is 4.80. The third-order valence-corrected chi connectivity index (χ3v) is 6.90. The highest BCUT2D eigenvalue weighted by Gasteiger charge is 2.41. The van der Waals surface area contributed by atoms with Crippen molar-refractivity contribution in [2.24, 2.45) is 0 Å². The second-order valence-corrected chi connectivity index (χ2v) is 9.12. The van der Waals surface area contributed by atoms with Crippen LogP contribution in [0.1, 0.15) is 35.3 Å². The van der Waals surface area contributed by atoms with Crippen molar-refractivity contribution in [3.8, 4) is 11.4 Å². The largest absolute Gasteiger partial charge is 0.482 e. The topological polar surface area (TPSA) is 63.4 Å². The number of halogens is 2. The number of hydrogen-bond donors (Lipinski definition) is 1. The van der Waals surface area contributed by atoms with Crippen molar-refractivity contribution in [3.63, 3.8) is 0 Å². The minimum absolute atomic E-state index is 0.115. The van der Waals surface area contributed by atoms with Crippen LogP contribution in [0.3, 0.4) is 0 Å². The zero-order chi connectivity index (χ0) is 21.7. The third-order valence-electron chi connectivity index (χ3n) is 6.28. The van der Waals surface area contributed by atoms with E-state index in [0.29, 0.717) is 22.3 Å². The Labute approximate surface area is 191 Å². The minimum atomic E-state index is -0.292. The molecule has 1 N–H and O–H groups in total. The highest BCUT2D eigenvalue weighted by molar-refractivity contribution is 6.34. The minimum Gasteiger partial charge on any atom is -0.482 e. The molecule has 0 amide bonds. The van der Waals surface area contributed by atoms with Gasteiger partial charge in [-0.3, -0.25) is 9.47 Å². The Kier molecular flexibility index (Phi) is 5.42. The molecule has 1 aliphatic carbocycles. The number of hydrogen-bond acceptors (Lipinski definition) is 5. The maximum absolute atomic E-state index is 10.1. The number of rotatable bonds is 4. The van der Waals surface area contributed by atoms with Crippen molar-refractivity contribution in [1.82, 2.24) is 19.7 Å². The van der Waals surface area contributed by atoms with Gasteiger partial charge < -0.3 is 9.84 Å². The van der Waals surface area contributed by atoms with Gasteiger partial charge in [0.1, 0.15) is 28.5 Å². The summed E-state index contributed by atoms with van der Waals surface area (Å²) in [5, 5.41) is 19.6. The van der Waals surface area contributed by atoms with Crippen LogP contribution in [0.4, 0.5) is 0 Å². The molecule has 2 aromatic carbocycles. The summed E-state index contributed by atoms with van der Waals surface area (Å²) in [5.74, 6) is 2.13. The van der Waals surface area contributed by atoms with E-state index in [1.165, 1.54) is 5.56 Å². The number of aryl methyl sites for hydroxylation is 2. The summed E-state index contributed by atoms with van der Waals surface area (Å²) in [7, 11) is 0. The summed E-state index contributed by atoms with van der Waals surface area (Å²) >= 11 is 13.2. The summed E-state index contributed by atoms with van der Waals surface area (Å²) in [4.78, 5) is 2.31. The third kappa shape index (κ3) is 3.72. The van der Waals surface area contributed by atoms with E-state index in [0.717, 1.165) is 42.3 Å². The van der Waals surface area contributed by atoms with Crippen LogP contribution >= 0.6 is 23.2 Å². The smallest absolute Gasteiger partial charge is 0.141 e. The SMILES string of the molecule is Cc1nnc(C)n1-c1cccc(O[C@H]2c3cc(Cl)ccc3C[C@@H]2N2CC[C@@H](O)C2)c1Cl. The van der Waals surface area contributed by atoms with Crippen LogP contribution in [0.5, 0.6) is 5.75 Å². The Balaban J connectivity index is 1.53. The normalized spacial score (nSPS) is 23.3. The van der Waals surface area contributed by atoms with Crippen LogP contribution in [0.25, 0.3) is 5.69 Å². The predicted molar refractivity (Wildman–Crippen MR) is 120 cm³/mol. The molecule has 1 aliphatic heterocycles. The Morgan fingerprint density at radius 2 is 1.87 bits per heavy atom. The van der Waals surface area contributed by atoms with Crippen LogP contribution in [0, 0.1) is 13.8 Å². The van der Waals surface area contributed by atoms with Crippen molar-refractivity contribution < 1.29 is 9.84 Å². The fraction of sp³-hybridized carbons (Fsp3) is 0.391. The zero-order valence-electron chi connectivity index (χ0n) is 17.4. The van der Waals surface area contributed by atoms with E-state index < -0.39 is 0 Å². The molecule has 0 spiro atoms. The molecule has 2 heterocycles. The van der Waals surface area contributed by atoms with Gasteiger partial charge in [-0.2, -0.15) is 0 Å². The second kappa shape index (κ2) is 8.10. The van der Waals surface area contributed by atoms with E-state index in [-0.39, 0.29) is 18.2 Å². The van der Waals surface area contributed by atoms with Gasteiger partial charge in [-0.15, -0.1) is 10.2 Å². The fourth-order valence-corrected chi connectivity index (χ4v) is 5.24. The molecule has 31 heavy (non-hydrogen) atoms. The Hall–Kier alpha value is -2.12. The maximum Gasteiger partial charge on any atom is 0.141 e. The molecule has 6 nitrogen and oxygen atoms in total. The van der Waals surface area contributed by atoms with E-state index in [1.807, 2.05) is 48.7 Å². The van der Waals surface area contributed by atoms with Crippen molar-refractivity contribution in [2.45, 2.75) is 44.9 Å². The number of aliphatic hydroxyl groups is 1. The van der Waals surface area contributed by atoms with Crippen LogP contribution in [-0.4, -0.2) is 50.0 Å². The molecule has 0 bridgehead atoms. The van der Waals surface area contributed by atoms with Gasteiger partial charge in [0, 0.05) is 18.1 Å². The van der Waals surface area contributed by atoms with Crippen molar-refractivity contribution in [3.05, 3.63) is 69.2 Å². The molecule has 162 valence electrons. The number of likely N-dealkylation sites (tertiary alicyclic amines) is 1. The lowest BCUT2D eigenvalue weighted by molar-refractivity contribution is 0.0819. The van der Waals surface area contributed by atoms with Gasteiger partial charge in [0.2, 0.25) is 0 Å². The van der Waals surface area contributed by atoms with Crippen LogP contribution in [0.15, 0.2) is 36.4 Å². The molecule has 3 atom stereocenters. The summed E-state index contributed by atoms with van der Waals surface area (Å²) in [6, 6.07) is 11.8. The van der Waals surface area contributed by atoms with Gasteiger partial charge in [-0.25, -0.2) is 0 Å². The van der Waals surface area contributed by atoms with Crippen molar-refractivity contribution >= 4 is 23.2 Å². The Morgan fingerprint density at radius 3 is 2.58 bits per heavy atom. The van der Waals surface area contributed by atoms with Gasteiger partial charge in [-0.1, -0.05) is 35.3 Å². The molecule has 2 aliphatic rings. The number of fused-ring (bicyclic) bond motifs is 1. The maximum atomic E-state index is 10.1. The lowest BCUT2D eigenvalue weighted by atomic mass is 10.1. The Morgan fingerprint density at radius 1 is 1.10 bits per heavy atom. The van der Waals surface area contributed by atoms with Gasteiger partial charge in [0.05, 0.1) is 17.8 Å². The molecule has 1 aromatic heterocycles. The quantitative estimate of drug-likeness (QED) is 0.631. The number of benzene rings is 2. The first-order valence-electron chi connectivity index (χ1n) is 10.5. The molecule has 5 rings (SSSR count). The van der Waals surface area contributed by atoms with E-state index in [2.05, 4.69) is 21.2 Å². The number of nitrogens with zero attached hydrogens (tertiary/aromatic N) is 4. The van der Waals surface area contributed by atoms with Gasteiger partial charge in [0.15, 0.2) is 0 Å². The van der Waals surface area contributed by atoms with Crippen LogP contribution < -0.4 is 4.74 Å². The number of ether oxygens (including phenoxy) is 1. The molecule has 0 radical (unpaired) electrons. The number of aromatic nitrogens is 3. The van der Waals surface area contributed by atoms with Gasteiger partial charge >= 0.3 is 0 Å². The van der Waals surface area contributed by atoms with Crippen molar-refractivity contribution in [1.29, 1.82) is 0 Å². The molecular formula is C23H24Cl2N4O2. The number of β-amino-alcohol motifs (C(OH)–C–C–N with tert-alkyl or cyclic N) is 1. The summed E-state index contributed by atoms with van der Waals surface area (Å²) in [6.07, 6.45) is 1.11. The van der Waals surface area contributed by atoms with Gasteiger partial charge in [0.25, 0.3) is 0 Å². The average molecular weight is 459 g/mol. The lowest BCUT2D eigenvalue weighted by Crippen LogP contribution is -2.39. The zero-order valence-corrected chi connectivity index (χ0v) is 18.9. The monoisotopic (exact) mass is 458 g/mol. The van der Waals surface area contributed by atoms with Gasteiger partial charge in [-0.05, 0) is 62.1 Å². The molecule has 0 unspecified atom stereocenters. The first-order chi connectivity index (χ1) is 14.9. The van der Waals surface area contributed by atoms with E-state index >= 15 is 0 Å². The highest BCUT2D eigenvalue weighted by atomic mass is 35.5. The summed E-state index contributed by atoms with van der Waals surface area (Å²) in [6.45, 7) is 5.29. The van der Waals surface area contributed by atoms with E-state index in [4.69, 9.17) is 27.9 Å². The lowest BCUT2D eigenvalue weighted by Gasteiger charge is -2.30. The molecule has 3 aromatic rings. The molecular weight excluding hydrogens is 435 g/mol. The number of aliphatic hydroxyl groups excluding tert-OH is 1. The molecule has 8 heteroatoms. The predicted octanol–water partition coefficient (Wildman–Crippen LogP) is 4.30. The Bertz CT molecular complexity index is 1110. The van der Waals surface area contributed by atoms with E-state index in [9.17, 15) is 5.11 Å².